The van der Waals surface area contributed by atoms with Gasteiger partial charge in [0.15, 0.2) is 5.82 Å². The maximum absolute atomic E-state index is 6.11. The first-order valence-electron chi connectivity index (χ1n) is 7.78. The van der Waals surface area contributed by atoms with Crippen molar-refractivity contribution in [1.82, 2.24) is 25.1 Å². The van der Waals surface area contributed by atoms with E-state index in [0.717, 1.165) is 15.6 Å². The van der Waals surface area contributed by atoms with Crippen molar-refractivity contribution in [3.8, 4) is 22.8 Å². The Morgan fingerprint density at radius 1 is 0.963 bits per heavy atom. The first-order valence-corrected chi connectivity index (χ1v) is 9.93. The average molecular weight is 464 g/mol. The van der Waals surface area contributed by atoms with E-state index in [1.807, 2.05) is 36.4 Å². The molecule has 2 N–H and O–H groups in total. The normalized spacial score (nSPS) is 11.0. The monoisotopic (exact) mass is 462 g/mol. The quantitative estimate of drug-likeness (QED) is 0.346. The molecule has 7 nitrogen and oxygen atoms in total. The second-order valence-electron chi connectivity index (χ2n) is 5.48. The molecular weight excluding hydrogens is 452 g/mol. The average Bonchev–Trinajstić information content (AvgIpc) is 3.28. The topological polar surface area (TPSA) is 95.7 Å². The number of thioether (sulfide) groups is 1. The number of benzene rings is 2. The van der Waals surface area contributed by atoms with Crippen molar-refractivity contribution in [3.63, 3.8) is 0 Å². The minimum absolute atomic E-state index is 0.430. The summed E-state index contributed by atoms with van der Waals surface area (Å²) in [5.41, 5.74) is 1.69. The molecule has 2 aromatic carbocycles. The molecule has 0 saturated carbocycles. The van der Waals surface area contributed by atoms with Gasteiger partial charge in [-0.25, -0.2) is 4.68 Å². The fourth-order valence-corrected chi connectivity index (χ4v) is 3.40. The molecule has 0 spiro atoms. The molecule has 0 radical (unpaired) electrons. The van der Waals surface area contributed by atoms with Crippen LogP contribution in [0.1, 0.15) is 5.89 Å². The van der Waals surface area contributed by atoms with Gasteiger partial charge in [0.05, 0.1) is 5.75 Å². The highest BCUT2D eigenvalue weighted by atomic mass is 79.9. The highest BCUT2D eigenvalue weighted by molar-refractivity contribution is 9.10. The van der Waals surface area contributed by atoms with Gasteiger partial charge in [-0.05, 0) is 48.5 Å². The summed E-state index contributed by atoms with van der Waals surface area (Å²) in [7, 11) is 0. The van der Waals surface area contributed by atoms with Crippen molar-refractivity contribution in [2.75, 3.05) is 5.84 Å². The highest BCUT2D eigenvalue weighted by Gasteiger charge is 2.14. The van der Waals surface area contributed by atoms with Gasteiger partial charge in [0.1, 0.15) is 0 Å². The van der Waals surface area contributed by atoms with Crippen molar-refractivity contribution >= 4 is 39.3 Å². The Bertz CT molecular complexity index is 1060. The zero-order valence-electron chi connectivity index (χ0n) is 13.7. The zero-order chi connectivity index (χ0) is 18.8. The highest BCUT2D eigenvalue weighted by Crippen LogP contribution is 2.26. The molecule has 0 bridgehead atoms. The molecule has 0 amide bonds. The Hall–Kier alpha value is -2.36. The molecule has 0 saturated heterocycles. The molecular formula is C17H12BrClN6OS. The summed E-state index contributed by atoms with van der Waals surface area (Å²) < 4.78 is 8.12. The van der Waals surface area contributed by atoms with Gasteiger partial charge in [0.25, 0.3) is 0 Å². The van der Waals surface area contributed by atoms with Gasteiger partial charge < -0.3 is 10.3 Å². The molecule has 0 aliphatic carbocycles. The number of hydrogen-bond donors (Lipinski definition) is 1. The molecule has 2 aromatic heterocycles. The van der Waals surface area contributed by atoms with E-state index in [2.05, 4.69) is 36.3 Å². The fourth-order valence-electron chi connectivity index (χ4n) is 2.32. The maximum Gasteiger partial charge on any atom is 0.247 e. The second-order valence-corrected chi connectivity index (χ2v) is 7.77. The molecule has 0 aliphatic heterocycles. The number of nitrogens with two attached hydrogens (primary N) is 1. The molecule has 0 aliphatic rings. The lowest BCUT2D eigenvalue weighted by atomic mass is 10.2. The number of halogens is 2. The van der Waals surface area contributed by atoms with Crippen LogP contribution in [-0.2, 0) is 5.75 Å². The minimum Gasteiger partial charge on any atom is -0.420 e. The van der Waals surface area contributed by atoms with Crippen molar-refractivity contribution in [1.29, 1.82) is 0 Å². The van der Waals surface area contributed by atoms with Gasteiger partial charge in [-0.15, -0.1) is 20.4 Å². The number of aromatic nitrogens is 5. The van der Waals surface area contributed by atoms with E-state index in [9.17, 15) is 0 Å². The van der Waals surface area contributed by atoms with Gasteiger partial charge in [0, 0.05) is 20.6 Å². The summed E-state index contributed by atoms with van der Waals surface area (Å²) in [4.78, 5) is 0. The van der Waals surface area contributed by atoms with E-state index >= 15 is 0 Å². The van der Waals surface area contributed by atoms with Crippen LogP contribution in [0.25, 0.3) is 22.8 Å². The Labute approximate surface area is 172 Å². The Morgan fingerprint density at radius 2 is 1.67 bits per heavy atom. The smallest absolute Gasteiger partial charge is 0.247 e. The van der Waals surface area contributed by atoms with Crippen LogP contribution >= 0.6 is 39.3 Å². The lowest BCUT2D eigenvalue weighted by Crippen LogP contribution is -2.11. The molecule has 4 aromatic rings. The van der Waals surface area contributed by atoms with E-state index in [1.165, 1.54) is 16.4 Å². The summed E-state index contributed by atoms with van der Waals surface area (Å²) in [5.74, 6) is 8.04. The van der Waals surface area contributed by atoms with Crippen LogP contribution in [0.4, 0.5) is 0 Å². The van der Waals surface area contributed by atoms with E-state index in [4.69, 9.17) is 21.9 Å². The number of nitrogen functional groups attached to an aromatic ring is 1. The van der Waals surface area contributed by atoms with Gasteiger partial charge in [-0.3, -0.25) is 0 Å². The van der Waals surface area contributed by atoms with Gasteiger partial charge in [-0.1, -0.05) is 39.3 Å². The molecule has 27 heavy (non-hydrogen) atoms. The van der Waals surface area contributed by atoms with Crippen LogP contribution in [0.2, 0.25) is 5.02 Å². The van der Waals surface area contributed by atoms with Crippen molar-refractivity contribution < 1.29 is 4.42 Å². The first kappa shape index (κ1) is 18.0. The van der Waals surface area contributed by atoms with Crippen molar-refractivity contribution in [2.24, 2.45) is 0 Å². The summed E-state index contributed by atoms with van der Waals surface area (Å²) in [6.07, 6.45) is 0. The van der Waals surface area contributed by atoms with Crippen LogP contribution in [-0.4, -0.2) is 25.1 Å². The molecule has 0 atom stereocenters. The van der Waals surface area contributed by atoms with Gasteiger partial charge >= 0.3 is 0 Å². The van der Waals surface area contributed by atoms with Gasteiger partial charge in [0.2, 0.25) is 16.9 Å². The standard InChI is InChI=1S/C17H12BrClN6OS/c18-12-5-1-11(2-6-12)16-23-21-14(26-16)9-27-17-24-22-15(25(17)20)10-3-7-13(19)8-4-10/h1-8H,9,20H2. The second kappa shape index (κ2) is 7.71. The largest absolute Gasteiger partial charge is 0.420 e. The Kier molecular flexibility index (Phi) is 5.15. The molecule has 10 heteroatoms. The van der Waals surface area contributed by atoms with E-state index in [0.29, 0.717) is 33.5 Å². The minimum atomic E-state index is 0.430. The van der Waals surface area contributed by atoms with Crippen molar-refractivity contribution in [3.05, 3.63) is 63.9 Å². The van der Waals surface area contributed by atoms with Gasteiger partial charge in [-0.2, -0.15) is 0 Å². The number of nitrogens with zero attached hydrogens (tertiary/aromatic N) is 5. The number of hydrogen-bond acceptors (Lipinski definition) is 7. The SMILES string of the molecule is Nn1c(SCc2nnc(-c3ccc(Br)cc3)o2)nnc1-c1ccc(Cl)cc1. The predicted octanol–water partition coefficient (Wildman–Crippen LogP) is 4.42. The summed E-state index contributed by atoms with van der Waals surface area (Å²) in [6.45, 7) is 0. The lowest BCUT2D eigenvalue weighted by molar-refractivity contribution is 0.528. The van der Waals surface area contributed by atoms with E-state index in [-0.39, 0.29) is 0 Å². The first-order chi connectivity index (χ1) is 13.1. The Morgan fingerprint density at radius 3 is 2.41 bits per heavy atom. The van der Waals surface area contributed by atoms with Crippen LogP contribution in [0.15, 0.2) is 62.6 Å². The molecule has 0 unspecified atom stereocenters. The summed E-state index contributed by atoms with van der Waals surface area (Å²) in [5, 5.41) is 17.6. The molecule has 4 rings (SSSR count). The third kappa shape index (κ3) is 4.00. The van der Waals surface area contributed by atoms with Crippen molar-refractivity contribution in [2.45, 2.75) is 10.9 Å². The van der Waals surface area contributed by atoms with Crippen LogP contribution in [0, 0.1) is 0 Å². The van der Waals surface area contributed by atoms with Crippen LogP contribution < -0.4 is 5.84 Å². The number of rotatable bonds is 5. The lowest BCUT2D eigenvalue weighted by Gasteiger charge is -2.02. The van der Waals surface area contributed by atoms with Crippen LogP contribution in [0.5, 0.6) is 0 Å². The zero-order valence-corrected chi connectivity index (χ0v) is 16.9. The van der Waals surface area contributed by atoms with E-state index in [1.54, 1.807) is 12.1 Å². The van der Waals surface area contributed by atoms with E-state index < -0.39 is 0 Å². The Balaban J connectivity index is 1.46. The summed E-state index contributed by atoms with van der Waals surface area (Å²) in [6, 6.07) is 14.9. The molecule has 0 fully saturated rings. The fraction of sp³-hybridized carbons (Fsp3) is 0.0588. The molecule has 2 heterocycles. The maximum atomic E-state index is 6.11. The third-order valence-electron chi connectivity index (χ3n) is 3.65. The predicted molar refractivity (Wildman–Crippen MR) is 108 cm³/mol. The third-order valence-corrected chi connectivity index (χ3v) is 5.36. The molecule has 136 valence electrons. The van der Waals surface area contributed by atoms with Crippen LogP contribution in [0.3, 0.4) is 0 Å². The summed E-state index contributed by atoms with van der Waals surface area (Å²) >= 11 is 10.7.